The average Bonchev–Trinajstić information content (AvgIpc) is 2.94. The molecule has 1 atom stereocenters. The van der Waals surface area contributed by atoms with Crippen LogP contribution in [0.3, 0.4) is 0 Å². The highest BCUT2D eigenvalue weighted by molar-refractivity contribution is 6.06. The minimum absolute atomic E-state index is 0.0182. The van der Waals surface area contributed by atoms with Crippen molar-refractivity contribution < 1.29 is 9.59 Å². The molecule has 0 saturated heterocycles. The van der Waals surface area contributed by atoms with Crippen molar-refractivity contribution in [2.24, 2.45) is 0 Å². The molecule has 7 heteroatoms. The average molecular weight is 382 g/mol. The quantitative estimate of drug-likeness (QED) is 0.878. The van der Waals surface area contributed by atoms with Crippen molar-refractivity contribution in [3.8, 4) is 0 Å². The molecule has 2 heterocycles. The largest absolute Gasteiger partial charge is 0.351 e. The van der Waals surface area contributed by atoms with Crippen molar-refractivity contribution in [3.63, 3.8) is 0 Å². The highest BCUT2D eigenvalue weighted by atomic mass is 16.2. The Morgan fingerprint density at radius 2 is 1.89 bits per heavy atom. The molecule has 1 aromatic carbocycles. The Morgan fingerprint density at radius 1 is 1.18 bits per heavy atom. The van der Waals surface area contributed by atoms with Crippen molar-refractivity contribution in [2.45, 2.75) is 58.7 Å². The van der Waals surface area contributed by atoms with Crippen LogP contribution in [0.2, 0.25) is 0 Å². The molecule has 1 aliphatic heterocycles. The van der Waals surface area contributed by atoms with Crippen LogP contribution in [0, 0.1) is 0 Å². The van der Waals surface area contributed by atoms with Crippen molar-refractivity contribution in [1.29, 1.82) is 0 Å². The van der Waals surface area contributed by atoms with Gasteiger partial charge in [-0.1, -0.05) is 18.2 Å². The third kappa shape index (κ3) is 4.30. The summed E-state index contributed by atoms with van der Waals surface area (Å²) in [7, 11) is 0. The van der Waals surface area contributed by atoms with Gasteiger partial charge in [-0.25, -0.2) is 4.68 Å². The Labute approximate surface area is 164 Å². The van der Waals surface area contributed by atoms with Gasteiger partial charge in [0.25, 0.3) is 11.5 Å². The zero-order chi connectivity index (χ0) is 20.5. The van der Waals surface area contributed by atoms with Crippen LogP contribution in [0.15, 0.2) is 41.2 Å². The van der Waals surface area contributed by atoms with Crippen LogP contribution in [0.25, 0.3) is 0 Å². The fraction of sp³-hybridized carbons (Fsp3) is 0.429. The number of nitrogens with zero attached hydrogens (tertiary/aromatic N) is 3. The SMILES string of the molecule is C[C@@H]1Cc2ccccc2N1C(=O)c1ccc(=O)n(CCC(=O)NC(C)(C)C)n1. The fourth-order valence-electron chi connectivity index (χ4n) is 3.41. The molecule has 2 aromatic rings. The highest BCUT2D eigenvalue weighted by Crippen LogP contribution is 2.32. The maximum atomic E-state index is 13.1. The minimum atomic E-state index is -0.341. The monoisotopic (exact) mass is 382 g/mol. The van der Waals surface area contributed by atoms with Gasteiger partial charge in [0.2, 0.25) is 5.91 Å². The molecule has 7 nitrogen and oxygen atoms in total. The molecule has 0 radical (unpaired) electrons. The van der Waals surface area contributed by atoms with Crippen LogP contribution < -0.4 is 15.8 Å². The number of aromatic nitrogens is 2. The summed E-state index contributed by atoms with van der Waals surface area (Å²) < 4.78 is 1.18. The summed E-state index contributed by atoms with van der Waals surface area (Å²) in [5.41, 5.74) is 1.51. The van der Waals surface area contributed by atoms with E-state index in [0.717, 1.165) is 17.7 Å². The second kappa shape index (κ2) is 7.58. The number of aryl methyl sites for hydroxylation is 1. The zero-order valence-corrected chi connectivity index (χ0v) is 16.7. The lowest BCUT2D eigenvalue weighted by Crippen LogP contribution is -2.41. The number of para-hydroxylation sites is 1. The van der Waals surface area contributed by atoms with E-state index in [2.05, 4.69) is 10.4 Å². The lowest BCUT2D eigenvalue weighted by atomic mass is 10.1. The fourth-order valence-corrected chi connectivity index (χ4v) is 3.41. The second-order valence-electron chi connectivity index (χ2n) is 8.19. The first kappa shape index (κ1) is 19.8. The summed E-state index contributed by atoms with van der Waals surface area (Å²) in [6.07, 6.45) is 0.902. The molecule has 3 rings (SSSR count). The number of carbonyl (C=O) groups is 2. The van der Waals surface area contributed by atoms with E-state index < -0.39 is 0 Å². The smallest absolute Gasteiger partial charge is 0.278 e. The number of hydrogen-bond acceptors (Lipinski definition) is 4. The lowest BCUT2D eigenvalue weighted by Gasteiger charge is -2.22. The van der Waals surface area contributed by atoms with Crippen molar-refractivity contribution in [3.05, 3.63) is 58.0 Å². The molecule has 2 amide bonds. The van der Waals surface area contributed by atoms with E-state index in [1.165, 1.54) is 16.8 Å². The van der Waals surface area contributed by atoms with Crippen molar-refractivity contribution in [1.82, 2.24) is 15.1 Å². The van der Waals surface area contributed by atoms with E-state index in [0.29, 0.717) is 0 Å². The lowest BCUT2D eigenvalue weighted by molar-refractivity contribution is -0.122. The number of hydrogen-bond donors (Lipinski definition) is 1. The van der Waals surface area contributed by atoms with Gasteiger partial charge in [-0.3, -0.25) is 14.4 Å². The molecule has 1 aliphatic rings. The van der Waals surface area contributed by atoms with E-state index in [4.69, 9.17) is 0 Å². The Morgan fingerprint density at radius 3 is 2.61 bits per heavy atom. The number of rotatable bonds is 4. The molecule has 0 bridgehead atoms. The zero-order valence-electron chi connectivity index (χ0n) is 16.7. The van der Waals surface area contributed by atoms with E-state index in [-0.39, 0.29) is 47.6 Å². The Kier molecular flexibility index (Phi) is 5.36. The molecule has 0 saturated carbocycles. The third-order valence-corrected chi connectivity index (χ3v) is 4.58. The normalized spacial score (nSPS) is 16.0. The predicted molar refractivity (Wildman–Crippen MR) is 107 cm³/mol. The first-order valence-electron chi connectivity index (χ1n) is 9.46. The van der Waals surface area contributed by atoms with Gasteiger partial charge >= 0.3 is 0 Å². The summed E-state index contributed by atoms with van der Waals surface area (Å²) in [4.78, 5) is 38.9. The van der Waals surface area contributed by atoms with Gasteiger partial charge in [-0.05, 0) is 51.8 Å². The van der Waals surface area contributed by atoms with Crippen LogP contribution in [-0.2, 0) is 17.8 Å². The number of anilines is 1. The van der Waals surface area contributed by atoms with Gasteiger partial charge in [-0.15, -0.1) is 0 Å². The summed E-state index contributed by atoms with van der Waals surface area (Å²) >= 11 is 0. The van der Waals surface area contributed by atoms with Crippen LogP contribution >= 0.6 is 0 Å². The number of nitrogens with one attached hydrogen (secondary N) is 1. The second-order valence-corrected chi connectivity index (χ2v) is 8.19. The van der Waals surface area contributed by atoms with Gasteiger partial charge in [0.1, 0.15) is 5.69 Å². The maximum absolute atomic E-state index is 13.1. The van der Waals surface area contributed by atoms with E-state index in [1.807, 2.05) is 52.0 Å². The Hall–Kier alpha value is -2.96. The molecular formula is C21H26N4O3. The summed E-state index contributed by atoms with van der Waals surface area (Å²) in [5.74, 6) is -0.412. The summed E-state index contributed by atoms with van der Waals surface area (Å²) in [6.45, 7) is 7.79. The Bertz CT molecular complexity index is 959. The molecular weight excluding hydrogens is 356 g/mol. The van der Waals surface area contributed by atoms with Crippen molar-refractivity contribution >= 4 is 17.5 Å². The molecule has 1 N–H and O–H groups in total. The number of benzene rings is 1. The number of fused-ring (bicyclic) bond motifs is 1. The highest BCUT2D eigenvalue weighted by Gasteiger charge is 2.32. The van der Waals surface area contributed by atoms with E-state index >= 15 is 0 Å². The predicted octanol–water partition coefficient (Wildman–Crippen LogP) is 2.14. The summed E-state index contributed by atoms with van der Waals surface area (Å²) in [5, 5.41) is 7.08. The van der Waals surface area contributed by atoms with Gasteiger partial charge in [0.15, 0.2) is 0 Å². The molecule has 0 spiro atoms. The molecule has 0 fully saturated rings. The van der Waals surface area contributed by atoms with Gasteiger partial charge in [0, 0.05) is 29.8 Å². The number of amides is 2. The Balaban J connectivity index is 1.79. The minimum Gasteiger partial charge on any atom is -0.351 e. The number of carbonyl (C=O) groups excluding carboxylic acids is 2. The van der Waals surface area contributed by atoms with E-state index in [9.17, 15) is 14.4 Å². The molecule has 148 valence electrons. The first-order chi connectivity index (χ1) is 13.2. The molecule has 0 aliphatic carbocycles. The van der Waals surface area contributed by atoms with Gasteiger partial charge in [-0.2, -0.15) is 5.10 Å². The standard InChI is InChI=1S/C21H26N4O3/c1-14-13-15-7-5-6-8-17(15)25(14)20(28)16-9-10-19(27)24(23-16)12-11-18(26)22-21(2,3)4/h5-10,14H,11-13H2,1-4H3,(H,22,26)/t14-/m1/s1. The van der Waals surface area contributed by atoms with Gasteiger partial charge in [0.05, 0.1) is 6.54 Å². The van der Waals surface area contributed by atoms with Crippen molar-refractivity contribution in [2.75, 3.05) is 4.90 Å². The molecule has 1 aromatic heterocycles. The van der Waals surface area contributed by atoms with Crippen LogP contribution in [0.4, 0.5) is 5.69 Å². The third-order valence-electron chi connectivity index (χ3n) is 4.58. The summed E-state index contributed by atoms with van der Waals surface area (Å²) in [6, 6.07) is 10.6. The van der Waals surface area contributed by atoms with Crippen LogP contribution in [0.5, 0.6) is 0 Å². The first-order valence-corrected chi connectivity index (χ1v) is 9.46. The van der Waals surface area contributed by atoms with Gasteiger partial charge < -0.3 is 10.2 Å². The van der Waals surface area contributed by atoms with Crippen LogP contribution in [-0.4, -0.2) is 33.2 Å². The van der Waals surface area contributed by atoms with E-state index in [1.54, 1.807) is 4.90 Å². The topological polar surface area (TPSA) is 84.3 Å². The molecule has 0 unspecified atom stereocenters. The van der Waals surface area contributed by atoms with Crippen LogP contribution in [0.1, 0.15) is 50.2 Å². The molecule has 28 heavy (non-hydrogen) atoms. The maximum Gasteiger partial charge on any atom is 0.278 e.